The molecule has 2 saturated carbocycles. The summed E-state index contributed by atoms with van der Waals surface area (Å²) in [5, 5.41) is 0. The lowest BCUT2D eigenvalue weighted by atomic mass is 10.1. The molecule has 0 radical (unpaired) electrons. The third-order valence-corrected chi connectivity index (χ3v) is 4.15. The SMILES string of the molecule is NC(=S)c1cc(CN(CC2CC2)C2CC2)ccc1F. The fraction of sp³-hybridized carbons (Fsp3) is 0.533. The molecule has 0 amide bonds. The Morgan fingerprint density at radius 1 is 1.32 bits per heavy atom. The van der Waals surface area contributed by atoms with Gasteiger partial charge in [-0.05, 0) is 49.3 Å². The number of hydrogen-bond donors (Lipinski definition) is 1. The zero-order chi connectivity index (χ0) is 13.4. The maximum absolute atomic E-state index is 13.6. The van der Waals surface area contributed by atoms with Gasteiger partial charge >= 0.3 is 0 Å². The number of nitrogens with two attached hydrogens (primary N) is 1. The molecule has 2 N–H and O–H groups in total. The molecule has 1 aromatic rings. The smallest absolute Gasteiger partial charge is 0.133 e. The van der Waals surface area contributed by atoms with E-state index in [1.807, 2.05) is 6.07 Å². The van der Waals surface area contributed by atoms with E-state index in [4.69, 9.17) is 18.0 Å². The van der Waals surface area contributed by atoms with Crippen molar-refractivity contribution in [1.82, 2.24) is 4.90 Å². The van der Waals surface area contributed by atoms with Crippen LogP contribution in [-0.2, 0) is 6.54 Å². The fourth-order valence-electron chi connectivity index (χ4n) is 2.51. The Bertz CT molecular complexity index is 495. The van der Waals surface area contributed by atoms with Crippen LogP contribution in [0.3, 0.4) is 0 Å². The number of nitrogens with zero attached hydrogens (tertiary/aromatic N) is 1. The van der Waals surface area contributed by atoms with E-state index in [0.29, 0.717) is 5.56 Å². The molecule has 0 heterocycles. The second kappa shape index (κ2) is 5.17. The van der Waals surface area contributed by atoms with E-state index in [0.717, 1.165) is 24.1 Å². The van der Waals surface area contributed by atoms with E-state index in [2.05, 4.69) is 4.90 Å². The van der Waals surface area contributed by atoms with E-state index in [1.165, 1.54) is 38.3 Å². The molecule has 3 rings (SSSR count). The topological polar surface area (TPSA) is 29.3 Å². The highest BCUT2D eigenvalue weighted by molar-refractivity contribution is 7.80. The lowest BCUT2D eigenvalue weighted by molar-refractivity contribution is 0.244. The van der Waals surface area contributed by atoms with Crippen molar-refractivity contribution in [3.8, 4) is 0 Å². The van der Waals surface area contributed by atoms with E-state index < -0.39 is 0 Å². The Morgan fingerprint density at radius 3 is 2.63 bits per heavy atom. The van der Waals surface area contributed by atoms with Crippen molar-refractivity contribution < 1.29 is 4.39 Å². The highest BCUT2D eigenvalue weighted by Crippen LogP contribution is 2.35. The first-order valence-electron chi connectivity index (χ1n) is 6.96. The van der Waals surface area contributed by atoms with Crippen LogP contribution in [0.25, 0.3) is 0 Å². The van der Waals surface area contributed by atoms with Crippen molar-refractivity contribution in [2.24, 2.45) is 11.7 Å². The van der Waals surface area contributed by atoms with Gasteiger partial charge in [0.25, 0.3) is 0 Å². The molecular weight excluding hydrogens is 259 g/mol. The molecule has 102 valence electrons. The zero-order valence-electron chi connectivity index (χ0n) is 10.9. The molecule has 0 aliphatic heterocycles. The van der Waals surface area contributed by atoms with Crippen LogP contribution < -0.4 is 5.73 Å². The summed E-state index contributed by atoms with van der Waals surface area (Å²) in [6.45, 7) is 2.07. The van der Waals surface area contributed by atoms with Gasteiger partial charge in [-0.1, -0.05) is 18.3 Å². The van der Waals surface area contributed by atoms with Crippen LogP contribution in [0.15, 0.2) is 18.2 Å². The van der Waals surface area contributed by atoms with Crippen LogP contribution >= 0.6 is 12.2 Å². The molecule has 0 atom stereocenters. The molecular formula is C15H19FN2S. The molecule has 2 fully saturated rings. The average Bonchev–Trinajstić information content (AvgIpc) is 3.24. The molecule has 2 aliphatic carbocycles. The normalized spacial score (nSPS) is 18.8. The predicted octanol–water partition coefficient (Wildman–Crippen LogP) is 2.83. The third kappa shape index (κ3) is 3.31. The Labute approximate surface area is 118 Å². The molecule has 0 bridgehead atoms. The van der Waals surface area contributed by atoms with Crippen LogP contribution in [0, 0.1) is 11.7 Å². The van der Waals surface area contributed by atoms with Crippen LogP contribution in [0.5, 0.6) is 0 Å². The van der Waals surface area contributed by atoms with Crippen LogP contribution in [-0.4, -0.2) is 22.5 Å². The molecule has 0 unspecified atom stereocenters. The number of thiocarbonyl (C=S) groups is 1. The number of benzene rings is 1. The first-order chi connectivity index (χ1) is 9.13. The van der Waals surface area contributed by atoms with Crippen molar-refractivity contribution in [2.75, 3.05) is 6.54 Å². The van der Waals surface area contributed by atoms with Crippen LogP contribution in [0.1, 0.15) is 36.8 Å². The number of rotatable bonds is 6. The second-order valence-electron chi connectivity index (χ2n) is 5.78. The molecule has 4 heteroatoms. The first-order valence-corrected chi connectivity index (χ1v) is 7.36. The van der Waals surface area contributed by atoms with Gasteiger partial charge in [0.1, 0.15) is 10.8 Å². The summed E-state index contributed by atoms with van der Waals surface area (Å²) in [6, 6.07) is 5.87. The van der Waals surface area contributed by atoms with Gasteiger partial charge in [0.15, 0.2) is 0 Å². The Hall–Kier alpha value is -1.00. The quantitative estimate of drug-likeness (QED) is 0.811. The minimum Gasteiger partial charge on any atom is -0.389 e. The molecule has 2 aliphatic rings. The van der Waals surface area contributed by atoms with Gasteiger partial charge in [-0.25, -0.2) is 4.39 Å². The van der Waals surface area contributed by atoms with Crippen molar-refractivity contribution >= 4 is 17.2 Å². The summed E-state index contributed by atoms with van der Waals surface area (Å²) in [5.74, 6) is 0.563. The zero-order valence-corrected chi connectivity index (χ0v) is 11.8. The molecule has 2 nitrogen and oxygen atoms in total. The summed E-state index contributed by atoms with van der Waals surface area (Å²) < 4.78 is 13.6. The molecule has 0 spiro atoms. The summed E-state index contributed by atoms with van der Waals surface area (Å²) in [7, 11) is 0. The van der Waals surface area contributed by atoms with Crippen LogP contribution in [0.4, 0.5) is 4.39 Å². The van der Waals surface area contributed by atoms with E-state index >= 15 is 0 Å². The Morgan fingerprint density at radius 2 is 2.05 bits per heavy atom. The van der Waals surface area contributed by atoms with E-state index in [1.54, 1.807) is 6.07 Å². The minimum absolute atomic E-state index is 0.138. The lowest BCUT2D eigenvalue weighted by Gasteiger charge is -2.22. The van der Waals surface area contributed by atoms with E-state index in [9.17, 15) is 4.39 Å². The standard InChI is InChI=1S/C15H19FN2S/c16-14-6-3-11(7-13(14)15(17)19)9-18(12-4-5-12)8-10-1-2-10/h3,6-7,10,12H,1-2,4-5,8-9H2,(H2,17,19). The number of hydrogen-bond acceptors (Lipinski definition) is 2. The summed E-state index contributed by atoms with van der Waals surface area (Å²) in [5.41, 5.74) is 7.03. The van der Waals surface area contributed by atoms with Crippen molar-refractivity contribution in [1.29, 1.82) is 0 Å². The van der Waals surface area contributed by atoms with Crippen molar-refractivity contribution in [2.45, 2.75) is 38.3 Å². The molecule has 0 saturated heterocycles. The van der Waals surface area contributed by atoms with Gasteiger partial charge in [-0.3, -0.25) is 4.90 Å². The van der Waals surface area contributed by atoms with Gasteiger partial charge in [0.05, 0.1) is 0 Å². The summed E-state index contributed by atoms with van der Waals surface area (Å²) in [4.78, 5) is 2.67. The van der Waals surface area contributed by atoms with Crippen molar-refractivity contribution in [3.63, 3.8) is 0 Å². The summed E-state index contributed by atoms with van der Waals surface area (Å²) in [6.07, 6.45) is 5.34. The van der Waals surface area contributed by atoms with Gasteiger partial charge < -0.3 is 5.73 Å². The fourth-order valence-corrected chi connectivity index (χ4v) is 2.67. The maximum atomic E-state index is 13.6. The highest BCUT2D eigenvalue weighted by Gasteiger charge is 2.33. The largest absolute Gasteiger partial charge is 0.389 e. The van der Waals surface area contributed by atoms with Crippen LogP contribution in [0.2, 0.25) is 0 Å². The third-order valence-electron chi connectivity index (χ3n) is 3.93. The molecule has 19 heavy (non-hydrogen) atoms. The van der Waals surface area contributed by atoms with Gasteiger partial charge in [0, 0.05) is 24.7 Å². The first kappa shape index (κ1) is 13.0. The Kier molecular flexibility index (Phi) is 3.54. The predicted molar refractivity (Wildman–Crippen MR) is 78.4 cm³/mol. The van der Waals surface area contributed by atoms with E-state index in [-0.39, 0.29) is 10.8 Å². The van der Waals surface area contributed by atoms with Gasteiger partial charge in [-0.15, -0.1) is 0 Å². The minimum atomic E-state index is -0.323. The summed E-state index contributed by atoms with van der Waals surface area (Å²) >= 11 is 4.89. The monoisotopic (exact) mass is 278 g/mol. The van der Waals surface area contributed by atoms with Gasteiger partial charge in [-0.2, -0.15) is 0 Å². The van der Waals surface area contributed by atoms with Gasteiger partial charge in [0.2, 0.25) is 0 Å². The highest BCUT2D eigenvalue weighted by atomic mass is 32.1. The number of halogens is 1. The second-order valence-corrected chi connectivity index (χ2v) is 6.22. The molecule has 0 aromatic heterocycles. The lowest BCUT2D eigenvalue weighted by Crippen LogP contribution is -2.28. The average molecular weight is 278 g/mol. The molecule has 1 aromatic carbocycles. The van der Waals surface area contributed by atoms with Crippen molar-refractivity contribution in [3.05, 3.63) is 35.1 Å². The maximum Gasteiger partial charge on any atom is 0.133 e. The Balaban J connectivity index is 1.73.